The highest BCUT2D eigenvalue weighted by atomic mass is 127. The lowest BCUT2D eigenvalue weighted by atomic mass is 9.93. The first kappa shape index (κ1) is 34.6. The van der Waals surface area contributed by atoms with Crippen molar-refractivity contribution < 1.29 is 28.7 Å². The molecule has 0 saturated heterocycles. The molecule has 13 heteroatoms. The van der Waals surface area contributed by atoms with Gasteiger partial charge in [-0.3, -0.25) is 19.5 Å². The minimum Gasteiger partial charge on any atom is -0.497 e. The molecule has 0 radical (unpaired) electrons. The fourth-order valence-corrected chi connectivity index (χ4v) is 7.31. The molecule has 0 saturated carbocycles. The normalized spacial score (nSPS) is 14.1. The van der Waals surface area contributed by atoms with Crippen molar-refractivity contribution in [2.24, 2.45) is 4.99 Å². The van der Waals surface area contributed by atoms with Crippen LogP contribution >= 0.6 is 33.9 Å². The number of rotatable bonds is 11. The molecule has 6 rings (SSSR count). The van der Waals surface area contributed by atoms with E-state index < -0.39 is 16.9 Å². The summed E-state index contributed by atoms with van der Waals surface area (Å²) in [5.41, 5.74) is 3.22. The molecule has 5 aromatic rings. The Kier molecular flexibility index (Phi) is 10.4. The van der Waals surface area contributed by atoms with E-state index in [1.807, 2.05) is 48.5 Å². The molecule has 0 fully saturated rings. The molecule has 254 valence electrons. The van der Waals surface area contributed by atoms with Gasteiger partial charge in [-0.15, -0.1) is 0 Å². The summed E-state index contributed by atoms with van der Waals surface area (Å²) in [4.78, 5) is 43.9. The highest BCUT2D eigenvalue weighted by Crippen LogP contribution is 2.37. The van der Waals surface area contributed by atoms with Gasteiger partial charge in [-0.1, -0.05) is 53.8 Å². The molecule has 0 bridgehead atoms. The van der Waals surface area contributed by atoms with Crippen LogP contribution in [0.5, 0.6) is 17.2 Å². The van der Waals surface area contributed by atoms with Crippen LogP contribution in [0.15, 0.2) is 106 Å². The molecule has 0 amide bonds. The van der Waals surface area contributed by atoms with Crippen LogP contribution in [-0.4, -0.2) is 36.3 Å². The number of benzene rings is 4. The van der Waals surface area contributed by atoms with Crippen molar-refractivity contribution in [2.45, 2.75) is 19.6 Å². The Balaban J connectivity index is 1.45. The van der Waals surface area contributed by atoms with Gasteiger partial charge in [-0.05, 0) is 88.7 Å². The van der Waals surface area contributed by atoms with E-state index in [2.05, 4.69) is 22.6 Å². The predicted molar refractivity (Wildman–Crippen MR) is 197 cm³/mol. The van der Waals surface area contributed by atoms with Gasteiger partial charge in [-0.2, -0.15) is 0 Å². The number of nitrogens with zero attached hydrogens (tertiary/aromatic N) is 3. The number of fused-ring (bicyclic) bond motifs is 1. The third-order valence-corrected chi connectivity index (χ3v) is 9.67. The first-order valence-corrected chi connectivity index (χ1v) is 17.3. The van der Waals surface area contributed by atoms with Crippen LogP contribution in [0.4, 0.5) is 5.69 Å². The van der Waals surface area contributed by atoms with Crippen LogP contribution in [0, 0.1) is 13.7 Å². The molecular weight excluding hydrogens is 773 g/mol. The number of halogens is 1. The van der Waals surface area contributed by atoms with Crippen LogP contribution in [0.3, 0.4) is 0 Å². The van der Waals surface area contributed by atoms with Crippen molar-refractivity contribution in [3.8, 4) is 17.2 Å². The number of methoxy groups -OCH3 is 2. The van der Waals surface area contributed by atoms with Crippen LogP contribution < -0.4 is 29.1 Å². The first-order valence-electron chi connectivity index (χ1n) is 15.4. The Morgan fingerprint density at radius 1 is 1.02 bits per heavy atom. The molecule has 2 heterocycles. The van der Waals surface area contributed by atoms with E-state index in [-0.39, 0.29) is 30.0 Å². The zero-order valence-electron chi connectivity index (χ0n) is 27.1. The quantitative estimate of drug-likeness (QED) is 0.0684. The second kappa shape index (κ2) is 15.1. The van der Waals surface area contributed by atoms with Gasteiger partial charge in [0.2, 0.25) is 0 Å². The van der Waals surface area contributed by atoms with E-state index in [0.717, 1.165) is 14.7 Å². The summed E-state index contributed by atoms with van der Waals surface area (Å²) in [6.07, 6.45) is 1.76. The summed E-state index contributed by atoms with van der Waals surface area (Å²) >= 11 is 3.36. The van der Waals surface area contributed by atoms with Gasteiger partial charge in [0.15, 0.2) is 16.3 Å². The molecule has 1 aliphatic rings. The van der Waals surface area contributed by atoms with Gasteiger partial charge in [0.25, 0.3) is 11.2 Å². The number of carbonyl (C=O) groups excluding carboxylic acids is 1. The van der Waals surface area contributed by atoms with Gasteiger partial charge in [0.05, 0.1) is 51.2 Å². The van der Waals surface area contributed by atoms with E-state index in [4.69, 9.17) is 23.9 Å². The van der Waals surface area contributed by atoms with Gasteiger partial charge in [0.1, 0.15) is 12.4 Å². The van der Waals surface area contributed by atoms with E-state index >= 15 is 0 Å². The minimum atomic E-state index is -0.821. The van der Waals surface area contributed by atoms with Crippen molar-refractivity contribution in [1.29, 1.82) is 0 Å². The van der Waals surface area contributed by atoms with Crippen LogP contribution in [0.1, 0.15) is 35.2 Å². The average Bonchev–Trinajstić information content (AvgIpc) is 3.44. The first-order chi connectivity index (χ1) is 24.2. The highest BCUT2D eigenvalue weighted by Gasteiger charge is 2.35. The number of nitro groups is 1. The molecule has 0 unspecified atom stereocenters. The van der Waals surface area contributed by atoms with Crippen LogP contribution in [-0.2, 0) is 16.1 Å². The molecular formula is C37H30IN3O8S. The zero-order chi connectivity index (χ0) is 35.4. The van der Waals surface area contributed by atoms with Crippen molar-refractivity contribution >= 4 is 57.4 Å². The molecule has 4 aromatic carbocycles. The molecule has 1 atom stereocenters. The van der Waals surface area contributed by atoms with Crippen molar-refractivity contribution in [1.82, 2.24) is 4.57 Å². The maximum atomic E-state index is 14.3. The monoisotopic (exact) mass is 803 g/mol. The molecule has 50 heavy (non-hydrogen) atoms. The SMILES string of the molecule is CCOC(=O)C1=C(c2ccccc2)N=c2s/c(=C\c3cc(I)c(OCc4ccc([N+](=O)[O-])cc4)c(OC)c3)c(=O)n2[C@H]1c1ccc(OC)cc1. The largest absolute Gasteiger partial charge is 0.497 e. The summed E-state index contributed by atoms with van der Waals surface area (Å²) < 4.78 is 25.3. The number of aromatic nitrogens is 1. The summed E-state index contributed by atoms with van der Waals surface area (Å²) in [5.74, 6) is 1.02. The Morgan fingerprint density at radius 2 is 1.74 bits per heavy atom. The molecule has 1 aliphatic heterocycles. The van der Waals surface area contributed by atoms with E-state index in [9.17, 15) is 19.7 Å². The minimum absolute atomic E-state index is 0.000675. The summed E-state index contributed by atoms with van der Waals surface area (Å²) in [6, 6.07) is 25.6. The number of hydrogen-bond donors (Lipinski definition) is 0. The van der Waals surface area contributed by atoms with Crippen molar-refractivity contribution in [2.75, 3.05) is 20.8 Å². The molecule has 1 aromatic heterocycles. The number of nitro benzene ring substituents is 1. The Hall–Kier alpha value is -5.28. The van der Waals surface area contributed by atoms with E-state index in [1.165, 1.54) is 30.6 Å². The molecule has 11 nitrogen and oxygen atoms in total. The number of non-ortho nitro benzene ring substituents is 1. The third-order valence-electron chi connectivity index (χ3n) is 7.89. The number of ether oxygens (including phenoxy) is 4. The molecule has 0 spiro atoms. The van der Waals surface area contributed by atoms with Crippen molar-refractivity contribution in [3.63, 3.8) is 0 Å². The second-order valence-corrected chi connectivity index (χ2v) is 13.1. The number of hydrogen-bond acceptors (Lipinski definition) is 10. The number of carbonyl (C=O) groups is 1. The topological polar surface area (TPSA) is 131 Å². The Morgan fingerprint density at radius 3 is 2.38 bits per heavy atom. The highest BCUT2D eigenvalue weighted by molar-refractivity contribution is 14.1. The maximum absolute atomic E-state index is 14.3. The van der Waals surface area contributed by atoms with Gasteiger partial charge >= 0.3 is 5.97 Å². The summed E-state index contributed by atoms with van der Waals surface area (Å²) in [6.45, 7) is 2.05. The molecule has 0 aliphatic carbocycles. The Labute approximate surface area is 304 Å². The Bertz CT molecular complexity index is 2280. The van der Waals surface area contributed by atoms with E-state index in [0.29, 0.717) is 43.4 Å². The summed E-state index contributed by atoms with van der Waals surface area (Å²) in [5, 5.41) is 11.0. The zero-order valence-corrected chi connectivity index (χ0v) is 30.1. The van der Waals surface area contributed by atoms with Crippen LogP contribution in [0.2, 0.25) is 0 Å². The van der Waals surface area contributed by atoms with Crippen molar-refractivity contribution in [3.05, 3.63) is 152 Å². The fourth-order valence-electron chi connectivity index (χ4n) is 5.53. The fraction of sp³-hybridized carbons (Fsp3) is 0.162. The summed E-state index contributed by atoms with van der Waals surface area (Å²) in [7, 11) is 3.10. The smallest absolute Gasteiger partial charge is 0.338 e. The van der Waals surface area contributed by atoms with E-state index in [1.54, 1.807) is 55.0 Å². The second-order valence-electron chi connectivity index (χ2n) is 11.0. The maximum Gasteiger partial charge on any atom is 0.338 e. The number of thiazole rings is 1. The van der Waals surface area contributed by atoms with Gasteiger partial charge in [-0.25, -0.2) is 9.79 Å². The number of esters is 1. The third kappa shape index (κ3) is 7.05. The lowest BCUT2D eigenvalue weighted by Gasteiger charge is -2.26. The lowest BCUT2D eigenvalue weighted by molar-refractivity contribution is -0.384. The van der Waals surface area contributed by atoms with Crippen LogP contribution in [0.25, 0.3) is 11.8 Å². The van der Waals surface area contributed by atoms with Gasteiger partial charge in [0, 0.05) is 17.7 Å². The van der Waals surface area contributed by atoms with Gasteiger partial charge < -0.3 is 18.9 Å². The predicted octanol–water partition coefficient (Wildman–Crippen LogP) is 6.04. The standard InChI is InChI=1S/C37H30IN3O8S/c1-4-48-36(43)31-32(24-8-6-5-7-9-24)39-37-40(33(31)25-12-16-27(46-2)17-13-25)35(42)30(50-37)20-23-18-28(38)34(29(19-23)47-3)49-21-22-10-14-26(15-11-22)41(44)45/h5-20,33H,4,21H2,1-3H3/b30-20-/t33-/m0/s1. The average molecular weight is 804 g/mol. The lowest BCUT2D eigenvalue weighted by Crippen LogP contribution is -2.40. The molecule has 0 N–H and O–H groups in total.